The number of hydrogen-bond acceptors (Lipinski definition) is 2. The molecule has 0 spiro atoms. The van der Waals surface area contributed by atoms with Gasteiger partial charge < -0.3 is 9.47 Å². The van der Waals surface area contributed by atoms with Gasteiger partial charge in [-0.3, -0.25) is 0 Å². The smallest absolute Gasteiger partial charge is 0.115 e. The Morgan fingerprint density at radius 2 is 1.73 bits per heavy atom. The molecule has 2 nitrogen and oxygen atoms in total. The molecule has 1 rings (SSSR count). The summed E-state index contributed by atoms with van der Waals surface area (Å²) in [5, 5.41) is 0. The third kappa shape index (κ3) is 5.53. The number of epoxide rings is 1. The van der Waals surface area contributed by atoms with E-state index in [-0.39, 0.29) is 5.60 Å². The van der Waals surface area contributed by atoms with E-state index in [2.05, 4.69) is 13.8 Å². The summed E-state index contributed by atoms with van der Waals surface area (Å²) in [4.78, 5) is 0. The quantitative estimate of drug-likeness (QED) is 0.410. The Balaban J connectivity index is 1.77. The highest BCUT2D eigenvalue weighted by atomic mass is 16.6. The summed E-state index contributed by atoms with van der Waals surface area (Å²) in [6, 6.07) is 0. The molecule has 1 saturated heterocycles. The minimum absolute atomic E-state index is 0.113. The molecule has 0 saturated carbocycles. The molecular formula is C13H26O2. The van der Waals surface area contributed by atoms with Crippen LogP contribution in [0.5, 0.6) is 0 Å². The molecule has 0 aromatic rings. The molecule has 1 aliphatic rings. The molecule has 0 aliphatic carbocycles. The Morgan fingerprint density at radius 3 is 2.33 bits per heavy atom. The zero-order valence-corrected chi connectivity index (χ0v) is 10.4. The van der Waals surface area contributed by atoms with E-state index in [4.69, 9.17) is 9.47 Å². The topological polar surface area (TPSA) is 21.8 Å². The lowest BCUT2D eigenvalue weighted by Gasteiger charge is -2.09. The minimum atomic E-state index is 0.113. The van der Waals surface area contributed by atoms with Gasteiger partial charge in [-0.1, -0.05) is 46.0 Å². The Labute approximate surface area is 94.3 Å². The third-order valence-corrected chi connectivity index (χ3v) is 3.20. The van der Waals surface area contributed by atoms with Crippen molar-refractivity contribution in [2.75, 3.05) is 19.8 Å². The van der Waals surface area contributed by atoms with Gasteiger partial charge in [0.15, 0.2) is 0 Å². The maximum absolute atomic E-state index is 5.63. The first-order valence-corrected chi connectivity index (χ1v) is 6.55. The van der Waals surface area contributed by atoms with Crippen LogP contribution in [0.15, 0.2) is 0 Å². The van der Waals surface area contributed by atoms with E-state index in [1.807, 2.05) is 0 Å². The lowest BCUT2D eigenvalue weighted by Crippen LogP contribution is -2.18. The van der Waals surface area contributed by atoms with Gasteiger partial charge in [-0.2, -0.15) is 0 Å². The zero-order valence-electron chi connectivity index (χ0n) is 10.4. The first-order chi connectivity index (χ1) is 7.33. The average molecular weight is 214 g/mol. The van der Waals surface area contributed by atoms with Crippen molar-refractivity contribution >= 4 is 0 Å². The van der Waals surface area contributed by atoms with E-state index in [1.165, 1.54) is 38.5 Å². The van der Waals surface area contributed by atoms with Gasteiger partial charge in [-0.05, 0) is 12.8 Å². The summed E-state index contributed by atoms with van der Waals surface area (Å²) in [5.74, 6) is 0. The Bertz CT molecular complexity index is 153. The van der Waals surface area contributed by atoms with Gasteiger partial charge in [-0.25, -0.2) is 0 Å². The fraction of sp³-hybridized carbons (Fsp3) is 1.00. The van der Waals surface area contributed by atoms with E-state index in [9.17, 15) is 0 Å². The first-order valence-electron chi connectivity index (χ1n) is 6.55. The van der Waals surface area contributed by atoms with E-state index in [1.54, 1.807) is 0 Å². The second kappa shape index (κ2) is 7.24. The van der Waals surface area contributed by atoms with Gasteiger partial charge in [0.2, 0.25) is 0 Å². The Hall–Kier alpha value is -0.0800. The normalized spacial score (nSPS) is 24.4. The maximum atomic E-state index is 5.63. The van der Waals surface area contributed by atoms with Crippen LogP contribution < -0.4 is 0 Å². The molecule has 1 unspecified atom stereocenters. The van der Waals surface area contributed by atoms with Crippen LogP contribution in [0.1, 0.15) is 58.8 Å². The van der Waals surface area contributed by atoms with Crippen LogP contribution >= 0.6 is 0 Å². The molecule has 1 atom stereocenters. The predicted octanol–water partition coefficient (Wildman–Crippen LogP) is 3.54. The molecule has 0 amide bonds. The number of unbranched alkanes of at least 4 members (excludes halogenated alkanes) is 5. The van der Waals surface area contributed by atoms with E-state index < -0.39 is 0 Å². The van der Waals surface area contributed by atoms with Gasteiger partial charge >= 0.3 is 0 Å². The molecule has 0 radical (unpaired) electrons. The number of ether oxygens (including phenoxy) is 2. The molecule has 0 N–H and O–H groups in total. The highest BCUT2D eigenvalue weighted by molar-refractivity contribution is 4.90. The molecular weight excluding hydrogens is 188 g/mol. The largest absolute Gasteiger partial charge is 0.378 e. The summed E-state index contributed by atoms with van der Waals surface area (Å²) in [5.41, 5.74) is 0.113. The molecule has 1 heterocycles. The summed E-state index contributed by atoms with van der Waals surface area (Å²) < 4.78 is 11.0. The van der Waals surface area contributed by atoms with Gasteiger partial charge in [0.05, 0.1) is 13.2 Å². The molecule has 1 aliphatic heterocycles. The van der Waals surface area contributed by atoms with Crippen molar-refractivity contribution in [1.82, 2.24) is 0 Å². The van der Waals surface area contributed by atoms with Gasteiger partial charge in [-0.15, -0.1) is 0 Å². The van der Waals surface area contributed by atoms with E-state index in [0.717, 1.165) is 26.2 Å². The van der Waals surface area contributed by atoms with Crippen LogP contribution in [0.25, 0.3) is 0 Å². The van der Waals surface area contributed by atoms with Crippen LogP contribution in [-0.4, -0.2) is 25.4 Å². The zero-order chi connectivity index (χ0) is 11.0. The second-order valence-corrected chi connectivity index (χ2v) is 4.65. The molecule has 1 fully saturated rings. The van der Waals surface area contributed by atoms with Crippen LogP contribution in [0, 0.1) is 0 Å². The van der Waals surface area contributed by atoms with Crippen LogP contribution in [0.3, 0.4) is 0 Å². The maximum Gasteiger partial charge on any atom is 0.115 e. The van der Waals surface area contributed by atoms with Crippen LogP contribution in [0.4, 0.5) is 0 Å². The van der Waals surface area contributed by atoms with Crippen molar-refractivity contribution in [2.45, 2.75) is 64.4 Å². The Morgan fingerprint density at radius 1 is 1.07 bits per heavy atom. The van der Waals surface area contributed by atoms with Crippen molar-refractivity contribution in [1.29, 1.82) is 0 Å². The molecule has 90 valence electrons. The number of hydrogen-bond donors (Lipinski definition) is 0. The molecule has 0 bridgehead atoms. The second-order valence-electron chi connectivity index (χ2n) is 4.65. The first kappa shape index (κ1) is 13.0. The molecule has 0 aromatic carbocycles. The SMILES string of the molecule is CCCCCCCCOCC1(CC)CO1. The van der Waals surface area contributed by atoms with Crippen LogP contribution in [-0.2, 0) is 9.47 Å². The average Bonchev–Trinajstić information content (AvgIpc) is 3.03. The molecule has 15 heavy (non-hydrogen) atoms. The highest BCUT2D eigenvalue weighted by Gasteiger charge is 2.42. The van der Waals surface area contributed by atoms with Crippen molar-refractivity contribution < 1.29 is 9.47 Å². The fourth-order valence-corrected chi connectivity index (χ4v) is 1.73. The fourth-order valence-electron chi connectivity index (χ4n) is 1.73. The summed E-state index contributed by atoms with van der Waals surface area (Å²) >= 11 is 0. The van der Waals surface area contributed by atoms with E-state index in [0.29, 0.717) is 0 Å². The standard InChI is InChI=1S/C13H26O2/c1-3-5-6-7-8-9-10-14-11-13(4-2)12-15-13/h3-12H2,1-2H3. The monoisotopic (exact) mass is 214 g/mol. The predicted molar refractivity (Wildman–Crippen MR) is 63.2 cm³/mol. The Kier molecular flexibility index (Phi) is 6.26. The third-order valence-electron chi connectivity index (χ3n) is 3.20. The summed E-state index contributed by atoms with van der Waals surface area (Å²) in [6.07, 6.45) is 9.08. The summed E-state index contributed by atoms with van der Waals surface area (Å²) in [6.45, 7) is 7.04. The molecule has 0 aromatic heterocycles. The van der Waals surface area contributed by atoms with Crippen molar-refractivity contribution in [3.8, 4) is 0 Å². The lowest BCUT2D eigenvalue weighted by atomic mass is 10.1. The van der Waals surface area contributed by atoms with Gasteiger partial charge in [0.1, 0.15) is 5.60 Å². The van der Waals surface area contributed by atoms with Crippen molar-refractivity contribution in [3.05, 3.63) is 0 Å². The van der Waals surface area contributed by atoms with Crippen molar-refractivity contribution in [2.24, 2.45) is 0 Å². The lowest BCUT2D eigenvalue weighted by molar-refractivity contribution is 0.0742. The van der Waals surface area contributed by atoms with Crippen molar-refractivity contribution in [3.63, 3.8) is 0 Å². The molecule has 2 heteroatoms. The van der Waals surface area contributed by atoms with E-state index >= 15 is 0 Å². The van der Waals surface area contributed by atoms with Gasteiger partial charge in [0, 0.05) is 6.61 Å². The van der Waals surface area contributed by atoms with Crippen LogP contribution in [0.2, 0.25) is 0 Å². The van der Waals surface area contributed by atoms with Gasteiger partial charge in [0.25, 0.3) is 0 Å². The summed E-state index contributed by atoms with van der Waals surface area (Å²) in [7, 11) is 0. The number of rotatable bonds is 10. The highest BCUT2D eigenvalue weighted by Crippen LogP contribution is 2.30. The minimum Gasteiger partial charge on any atom is -0.378 e.